The van der Waals surface area contributed by atoms with Crippen LogP contribution in [0, 0.1) is 11.8 Å². The number of hydrogen-bond donors (Lipinski definition) is 1. The molecule has 1 unspecified atom stereocenters. The standard InChI is InChI=1S/C15H21NO2/c1-10(2)8-12(9-16)14(17)13-5-3-4-11-6-7-18-15(11)13/h3-5,10,12H,6-9,16H2,1-2H3. The molecule has 0 saturated heterocycles. The first-order chi connectivity index (χ1) is 8.63. The van der Waals surface area contributed by atoms with Gasteiger partial charge in [0.2, 0.25) is 0 Å². The smallest absolute Gasteiger partial charge is 0.170 e. The summed E-state index contributed by atoms with van der Waals surface area (Å²) in [5, 5.41) is 0. The van der Waals surface area contributed by atoms with Gasteiger partial charge < -0.3 is 10.5 Å². The average molecular weight is 247 g/mol. The van der Waals surface area contributed by atoms with Crippen molar-refractivity contribution in [2.75, 3.05) is 13.2 Å². The lowest BCUT2D eigenvalue weighted by molar-refractivity contribution is 0.0905. The summed E-state index contributed by atoms with van der Waals surface area (Å²) in [6, 6.07) is 5.82. The van der Waals surface area contributed by atoms with Crippen LogP contribution in [0.4, 0.5) is 0 Å². The Labute approximate surface area is 108 Å². The van der Waals surface area contributed by atoms with Crippen molar-refractivity contribution in [1.82, 2.24) is 0 Å². The van der Waals surface area contributed by atoms with Crippen molar-refractivity contribution in [3.05, 3.63) is 29.3 Å². The SMILES string of the molecule is CC(C)CC(CN)C(=O)c1cccc2c1OCC2. The Bertz CT molecular complexity index is 440. The largest absolute Gasteiger partial charge is 0.492 e. The highest BCUT2D eigenvalue weighted by Gasteiger charge is 2.25. The molecule has 1 aromatic carbocycles. The topological polar surface area (TPSA) is 52.3 Å². The predicted molar refractivity (Wildman–Crippen MR) is 72.0 cm³/mol. The molecule has 0 aliphatic carbocycles. The van der Waals surface area contributed by atoms with Crippen molar-refractivity contribution >= 4 is 5.78 Å². The van der Waals surface area contributed by atoms with Crippen LogP contribution in [0.3, 0.4) is 0 Å². The fourth-order valence-electron chi connectivity index (χ4n) is 2.51. The first-order valence-electron chi connectivity index (χ1n) is 6.62. The summed E-state index contributed by atoms with van der Waals surface area (Å²) in [4.78, 5) is 12.5. The number of benzene rings is 1. The van der Waals surface area contributed by atoms with E-state index in [0.717, 1.165) is 24.2 Å². The Balaban J connectivity index is 2.25. The van der Waals surface area contributed by atoms with Crippen molar-refractivity contribution in [3.63, 3.8) is 0 Å². The van der Waals surface area contributed by atoms with Crippen LogP contribution in [0.5, 0.6) is 5.75 Å². The molecule has 1 heterocycles. The summed E-state index contributed by atoms with van der Waals surface area (Å²) in [6.45, 7) is 5.31. The molecule has 1 aliphatic heterocycles. The number of para-hydroxylation sites is 1. The van der Waals surface area contributed by atoms with E-state index < -0.39 is 0 Å². The van der Waals surface area contributed by atoms with Gasteiger partial charge in [0.15, 0.2) is 5.78 Å². The number of nitrogens with two attached hydrogens (primary N) is 1. The second-order valence-corrected chi connectivity index (χ2v) is 5.32. The fourth-order valence-corrected chi connectivity index (χ4v) is 2.51. The third kappa shape index (κ3) is 2.56. The molecule has 18 heavy (non-hydrogen) atoms. The Morgan fingerprint density at radius 3 is 2.89 bits per heavy atom. The molecule has 1 aromatic rings. The van der Waals surface area contributed by atoms with Crippen molar-refractivity contribution in [2.45, 2.75) is 26.7 Å². The van der Waals surface area contributed by atoms with E-state index in [1.807, 2.05) is 18.2 Å². The van der Waals surface area contributed by atoms with Crippen LogP contribution in [0.15, 0.2) is 18.2 Å². The van der Waals surface area contributed by atoms with Gasteiger partial charge in [0.25, 0.3) is 0 Å². The van der Waals surface area contributed by atoms with E-state index in [9.17, 15) is 4.79 Å². The predicted octanol–water partition coefficient (Wildman–Crippen LogP) is 2.43. The highest BCUT2D eigenvalue weighted by atomic mass is 16.5. The number of hydrogen-bond acceptors (Lipinski definition) is 3. The summed E-state index contributed by atoms with van der Waals surface area (Å²) in [6.07, 6.45) is 1.73. The summed E-state index contributed by atoms with van der Waals surface area (Å²) >= 11 is 0. The van der Waals surface area contributed by atoms with Gasteiger partial charge in [-0.1, -0.05) is 26.0 Å². The highest BCUT2D eigenvalue weighted by Crippen LogP contribution is 2.31. The molecule has 0 saturated carbocycles. The second-order valence-electron chi connectivity index (χ2n) is 5.32. The van der Waals surface area contributed by atoms with Crippen molar-refractivity contribution in [3.8, 4) is 5.75 Å². The minimum atomic E-state index is -0.0966. The van der Waals surface area contributed by atoms with E-state index in [1.54, 1.807) is 0 Å². The van der Waals surface area contributed by atoms with Crippen LogP contribution in [0.25, 0.3) is 0 Å². The van der Waals surface area contributed by atoms with Gasteiger partial charge in [-0.05, 0) is 24.0 Å². The van der Waals surface area contributed by atoms with Crippen molar-refractivity contribution < 1.29 is 9.53 Å². The molecule has 0 fully saturated rings. The molecular weight excluding hydrogens is 226 g/mol. The van der Waals surface area contributed by atoms with Gasteiger partial charge in [0.05, 0.1) is 12.2 Å². The molecule has 1 aliphatic rings. The Hall–Kier alpha value is -1.35. The summed E-state index contributed by atoms with van der Waals surface area (Å²) in [5.74, 6) is 1.29. The second kappa shape index (κ2) is 5.53. The van der Waals surface area contributed by atoms with Crippen LogP contribution >= 0.6 is 0 Å². The van der Waals surface area contributed by atoms with E-state index in [2.05, 4.69) is 13.8 Å². The highest BCUT2D eigenvalue weighted by molar-refractivity contribution is 6.01. The summed E-state index contributed by atoms with van der Waals surface area (Å²) in [7, 11) is 0. The molecule has 98 valence electrons. The summed E-state index contributed by atoms with van der Waals surface area (Å²) < 4.78 is 5.59. The quantitative estimate of drug-likeness (QED) is 0.813. The average Bonchev–Trinajstić information content (AvgIpc) is 2.82. The third-order valence-corrected chi connectivity index (χ3v) is 3.39. The van der Waals surface area contributed by atoms with E-state index >= 15 is 0 Å². The van der Waals surface area contributed by atoms with E-state index in [-0.39, 0.29) is 11.7 Å². The van der Waals surface area contributed by atoms with Crippen LogP contribution in [-0.4, -0.2) is 18.9 Å². The Morgan fingerprint density at radius 2 is 2.22 bits per heavy atom. The number of rotatable bonds is 5. The number of carbonyl (C=O) groups is 1. The fraction of sp³-hybridized carbons (Fsp3) is 0.533. The lowest BCUT2D eigenvalue weighted by atomic mass is 9.89. The Morgan fingerprint density at radius 1 is 1.44 bits per heavy atom. The molecule has 2 rings (SSSR count). The van der Waals surface area contributed by atoms with Gasteiger partial charge in [-0.15, -0.1) is 0 Å². The molecule has 0 bridgehead atoms. The minimum Gasteiger partial charge on any atom is -0.492 e. The molecule has 3 nitrogen and oxygen atoms in total. The van der Waals surface area contributed by atoms with E-state index in [0.29, 0.717) is 24.6 Å². The number of ketones is 1. The lowest BCUT2D eigenvalue weighted by Gasteiger charge is -2.17. The van der Waals surface area contributed by atoms with Gasteiger partial charge in [0, 0.05) is 18.9 Å². The first kappa shape index (κ1) is 13.1. The maximum Gasteiger partial charge on any atom is 0.170 e. The monoisotopic (exact) mass is 247 g/mol. The normalized spacial score (nSPS) is 15.3. The van der Waals surface area contributed by atoms with E-state index in [1.165, 1.54) is 0 Å². The summed E-state index contributed by atoms with van der Waals surface area (Å²) in [5.41, 5.74) is 7.59. The van der Waals surface area contributed by atoms with Crippen LogP contribution in [0.2, 0.25) is 0 Å². The number of ether oxygens (including phenoxy) is 1. The molecule has 0 amide bonds. The Kier molecular flexibility index (Phi) is 4.02. The number of fused-ring (bicyclic) bond motifs is 1. The zero-order valence-corrected chi connectivity index (χ0v) is 11.1. The van der Waals surface area contributed by atoms with Crippen LogP contribution < -0.4 is 10.5 Å². The van der Waals surface area contributed by atoms with Crippen LogP contribution in [-0.2, 0) is 6.42 Å². The molecule has 0 radical (unpaired) electrons. The molecular formula is C15H21NO2. The van der Waals surface area contributed by atoms with Crippen molar-refractivity contribution in [1.29, 1.82) is 0 Å². The number of carbonyl (C=O) groups excluding carboxylic acids is 1. The molecule has 0 spiro atoms. The maximum absolute atomic E-state index is 12.5. The maximum atomic E-state index is 12.5. The van der Waals surface area contributed by atoms with Gasteiger partial charge >= 0.3 is 0 Å². The first-order valence-corrected chi connectivity index (χ1v) is 6.62. The molecule has 0 aromatic heterocycles. The third-order valence-electron chi connectivity index (χ3n) is 3.39. The lowest BCUT2D eigenvalue weighted by Crippen LogP contribution is -2.25. The van der Waals surface area contributed by atoms with Gasteiger partial charge in [-0.25, -0.2) is 0 Å². The minimum absolute atomic E-state index is 0.0966. The van der Waals surface area contributed by atoms with Gasteiger partial charge in [0.1, 0.15) is 5.75 Å². The molecule has 3 heteroatoms. The van der Waals surface area contributed by atoms with Crippen LogP contribution in [0.1, 0.15) is 36.2 Å². The van der Waals surface area contributed by atoms with E-state index in [4.69, 9.17) is 10.5 Å². The molecule has 1 atom stereocenters. The zero-order valence-electron chi connectivity index (χ0n) is 11.1. The van der Waals surface area contributed by atoms with Gasteiger partial charge in [-0.2, -0.15) is 0 Å². The van der Waals surface area contributed by atoms with Crippen molar-refractivity contribution in [2.24, 2.45) is 17.6 Å². The van der Waals surface area contributed by atoms with Gasteiger partial charge in [-0.3, -0.25) is 4.79 Å². The molecule has 2 N–H and O–H groups in total. The zero-order chi connectivity index (χ0) is 13.1. The number of Topliss-reactive ketones (excluding diaryl/α,β-unsaturated/α-hetero) is 1.